The first-order valence-electron chi connectivity index (χ1n) is 2.89. The molecule has 0 heterocycles. The molecule has 1 atom stereocenters. The first-order valence-corrected chi connectivity index (χ1v) is 2.89. The van der Waals surface area contributed by atoms with Crippen LogP contribution in [0.5, 0.6) is 0 Å². The molecule has 46 valence electrons. The summed E-state index contributed by atoms with van der Waals surface area (Å²) in [6, 6.07) is 0. The van der Waals surface area contributed by atoms with Gasteiger partial charge in [0.2, 0.25) is 0 Å². The lowest BCUT2D eigenvalue weighted by Gasteiger charge is -2.04. The summed E-state index contributed by atoms with van der Waals surface area (Å²) in [5.74, 6) is -0.0324. The average molecular weight is 120 g/mol. The van der Waals surface area contributed by atoms with Gasteiger partial charge in [-0.05, 0) is 19.1 Å². The van der Waals surface area contributed by atoms with E-state index in [-0.39, 0.29) is 5.92 Å². The molecule has 1 aliphatic carbocycles. The molecule has 0 radical (unpaired) electrons. The van der Waals surface area contributed by atoms with Gasteiger partial charge in [0, 0.05) is 0 Å². The monoisotopic (exact) mass is 120 g/mol. The van der Waals surface area contributed by atoms with Gasteiger partial charge in [-0.15, -0.1) is 5.73 Å². The minimum atomic E-state index is -0.0324. The predicted octanol–water partition coefficient (Wildman–Crippen LogP) is 1.47. The van der Waals surface area contributed by atoms with E-state index in [1.807, 2.05) is 19.1 Å². The number of rotatable bonds is 1. The molecule has 0 fully saturated rings. The molecular formula is C8H8O. The molecule has 1 unspecified atom stereocenters. The van der Waals surface area contributed by atoms with E-state index < -0.39 is 0 Å². The van der Waals surface area contributed by atoms with Crippen molar-refractivity contribution in [3.8, 4) is 0 Å². The summed E-state index contributed by atoms with van der Waals surface area (Å²) in [7, 11) is 0. The fourth-order valence-electron chi connectivity index (χ4n) is 0.728. The van der Waals surface area contributed by atoms with Crippen LogP contribution in [0.25, 0.3) is 0 Å². The van der Waals surface area contributed by atoms with Gasteiger partial charge in [0.15, 0.2) is 0 Å². The Bertz CT molecular complexity index is 205. The highest BCUT2D eigenvalue weighted by molar-refractivity contribution is 5.62. The third-order valence-electron chi connectivity index (χ3n) is 1.39. The average Bonchev–Trinajstić information content (AvgIpc) is 1.89. The second-order valence-corrected chi connectivity index (χ2v) is 2.07. The molecule has 1 nitrogen and oxygen atoms in total. The highest BCUT2D eigenvalue weighted by Gasteiger charge is 2.04. The van der Waals surface area contributed by atoms with E-state index in [0.717, 1.165) is 11.9 Å². The van der Waals surface area contributed by atoms with Gasteiger partial charge in [-0.1, -0.05) is 11.6 Å². The number of carbonyl (C=O) groups is 1. The van der Waals surface area contributed by atoms with Gasteiger partial charge < -0.3 is 4.79 Å². The summed E-state index contributed by atoms with van der Waals surface area (Å²) >= 11 is 0. The van der Waals surface area contributed by atoms with Gasteiger partial charge in [-0.2, -0.15) is 0 Å². The van der Waals surface area contributed by atoms with E-state index in [1.165, 1.54) is 0 Å². The van der Waals surface area contributed by atoms with Gasteiger partial charge >= 0.3 is 0 Å². The van der Waals surface area contributed by atoms with Gasteiger partial charge in [-0.25, -0.2) is 0 Å². The minimum absolute atomic E-state index is 0.0324. The van der Waals surface area contributed by atoms with Crippen molar-refractivity contribution in [2.45, 2.75) is 6.92 Å². The Labute approximate surface area is 54.4 Å². The summed E-state index contributed by atoms with van der Waals surface area (Å²) in [5, 5.41) is 0. The minimum Gasteiger partial charge on any atom is -0.302 e. The zero-order valence-electron chi connectivity index (χ0n) is 5.29. The topological polar surface area (TPSA) is 17.1 Å². The van der Waals surface area contributed by atoms with Crippen molar-refractivity contribution in [3.05, 3.63) is 29.5 Å². The summed E-state index contributed by atoms with van der Waals surface area (Å²) in [4.78, 5) is 10.2. The van der Waals surface area contributed by atoms with Crippen LogP contribution in [0.2, 0.25) is 0 Å². The maximum absolute atomic E-state index is 10.2. The quantitative estimate of drug-likeness (QED) is 0.378. The van der Waals surface area contributed by atoms with Crippen LogP contribution in [0, 0.1) is 5.92 Å². The molecule has 1 rings (SSSR count). The van der Waals surface area contributed by atoms with Crippen molar-refractivity contribution in [3.63, 3.8) is 0 Å². The fourth-order valence-corrected chi connectivity index (χ4v) is 0.728. The molecule has 0 aliphatic heterocycles. The Balaban J connectivity index is 2.88. The standard InChI is InChI=1S/C8H8O/c1-7-4-2-3-5-8(7)6-9/h2,4-6,8H,1H3. The Morgan fingerprint density at radius 2 is 2.56 bits per heavy atom. The molecule has 9 heavy (non-hydrogen) atoms. The lowest BCUT2D eigenvalue weighted by molar-refractivity contribution is -0.109. The Morgan fingerprint density at radius 3 is 3.00 bits per heavy atom. The highest BCUT2D eigenvalue weighted by atomic mass is 16.1. The van der Waals surface area contributed by atoms with Crippen LogP contribution in [-0.4, -0.2) is 6.29 Å². The predicted molar refractivity (Wildman–Crippen MR) is 36.0 cm³/mol. The van der Waals surface area contributed by atoms with Crippen LogP contribution in [0.1, 0.15) is 6.92 Å². The smallest absolute Gasteiger partial charge is 0.131 e. The molecule has 1 aliphatic rings. The van der Waals surface area contributed by atoms with Crippen molar-refractivity contribution in [1.82, 2.24) is 0 Å². The van der Waals surface area contributed by atoms with Gasteiger partial charge in [-0.3, -0.25) is 0 Å². The fraction of sp³-hybridized carbons (Fsp3) is 0.250. The molecule has 0 saturated carbocycles. The summed E-state index contributed by atoms with van der Waals surface area (Å²) in [6.07, 6.45) is 6.41. The van der Waals surface area contributed by atoms with Crippen molar-refractivity contribution in [1.29, 1.82) is 0 Å². The largest absolute Gasteiger partial charge is 0.302 e. The lowest BCUT2D eigenvalue weighted by Crippen LogP contribution is -1.99. The number of aldehydes is 1. The second-order valence-electron chi connectivity index (χ2n) is 2.07. The number of allylic oxidation sites excluding steroid dienone is 3. The first-order chi connectivity index (χ1) is 4.34. The van der Waals surface area contributed by atoms with Crippen LogP contribution in [0.15, 0.2) is 29.5 Å². The zero-order valence-corrected chi connectivity index (χ0v) is 5.29. The molecule has 0 aromatic carbocycles. The van der Waals surface area contributed by atoms with E-state index in [0.29, 0.717) is 0 Å². The molecule has 0 amide bonds. The Hall–Kier alpha value is -1.07. The molecule has 0 N–H and O–H groups in total. The first kappa shape index (κ1) is 6.06. The normalized spacial score (nSPS) is 23.7. The molecule has 0 aromatic heterocycles. The van der Waals surface area contributed by atoms with Crippen molar-refractivity contribution < 1.29 is 4.79 Å². The van der Waals surface area contributed by atoms with Gasteiger partial charge in [0.25, 0.3) is 0 Å². The van der Waals surface area contributed by atoms with E-state index in [4.69, 9.17) is 0 Å². The molecular weight excluding hydrogens is 112 g/mol. The number of hydrogen-bond donors (Lipinski definition) is 0. The Morgan fingerprint density at radius 1 is 1.78 bits per heavy atom. The highest BCUT2D eigenvalue weighted by Crippen LogP contribution is 2.11. The van der Waals surface area contributed by atoms with Crippen LogP contribution in [0.4, 0.5) is 0 Å². The van der Waals surface area contributed by atoms with Crippen LogP contribution in [-0.2, 0) is 4.79 Å². The zero-order chi connectivity index (χ0) is 6.69. The van der Waals surface area contributed by atoms with Gasteiger partial charge in [0.1, 0.15) is 6.29 Å². The molecule has 1 heteroatoms. The maximum Gasteiger partial charge on any atom is 0.131 e. The molecule has 0 aromatic rings. The van der Waals surface area contributed by atoms with Crippen molar-refractivity contribution in [2.75, 3.05) is 0 Å². The summed E-state index contributed by atoms with van der Waals surface area (Å²) in [6.45, 7) is 1.94. The maximum atomic E-state index is 10.2. The number of carbonyl (C=O) groups excluding carboxylic acids is 1. The third kappa shape index (κ3) is 1.18. The van der Waals surface area contributed by atoms with Crippen molar-refractivity contribution >= 4 is 6.29 Å². The second kappa shape index (κ2) is 2.47. The van der Waals surface area contributed by atoms with E-state index in [2.05, 4.69) is 5.73 Å². The molecule has 0 saturated heterocycles. The SMILES string of the molecule is CC1=CC=C=CC1C=O. The number of hydrogen-bond acceptors (Lipinski definition) is 1. The molecule has 0 spiro atoms. The van der Waals surface area contributed by atoms with Crippen molar-refractivity contribution in [2.24, 2.45) is 5.92 Å². The van der Waals surface area contributed by atoms with Gasteiger partial charge in [0.05, 0.1) is 5.92 Å². The van der Waals surface area contributed by atoms with E-state index in [9.17, 15) is 4.79 Å². The van der Waals surface area contributed by atoms with Crippen LogP contribution in [0.3, 0.4) is 0 Å². The molecule has 0 bridgehead atoms. The summed E-state index contributed by atoms with van der Waals surface area (Å²) in [5.41, 5.74) is 3.95. The Kier molecular flexibility index (Phi) is 1.66. The summed E-state index contributed by atoms with van der Waals surface area (Å²) < 4.78 is 0. The van der Waals surface area contributed by atoms with Crippen LogP contribution >= 0.6 is 0 Å². The van der Waals surface area contributed by atoms with E-state index in [1.54, 1.807) is 6.08 Å². The third-order valence-corrected chi connectivity index (χ3v) is 1.39. The lowest BCUT2D eigenvalue weighted by atomic mass is 9.99. The van der Waals surface area contributed by atoms with E-state index >= 15 is 0 Å². The van der Waals surface area contributed by atoms with Crippen LogP contribution < -0.4 is 0 Å².